The van der Waals surface area contributed by atoms with Crippen LogP contribution in [0.3, 0.4) is 0 Å². The summed E-state index contributed by atoms with van der Waals surface area (Å²) in [5.74, 6) is 1.92. The van der Waals surface area contributed by atoms with Gasteiger partial charge in [-0.05, 0) is 68.7 Å². The SMILES string of the molecule is c1ccc(-c2nc(-c3cc4c5ccccc5c5ccccc5c4cc3-n3c4ccccc4c4ccccc43)nc(-c3cccc4sc5ccccc5c34)n2)cc1. The van der Waals surface area contributed by atoms with E-state index in [1.165, 1.54) is 57.9 Å². The van der Waals surface area contributed by atoms with Gasteiger partial charge < -0.3 is 4.57 Å². The first-order chi connectivity index (χ1) is 27.8. The van der Waals surface area contributed by atoms with Gasteiger partial charge in [-0.2, -0.15) is 0 Å². The molecular weight excluding hydrogens is 701 g/mol. The van der Waals surface area contributed by atoms with Crippen LogP contribution >= 0.6 is 11.3 Å². The summed E-state index contributed by atoms with van der Waals surface area (Å²) in [6.45, 7) is 0. The van der Waals surface area contributed by atoms with Gasteiger partial charge in [-0.1, -0.05) is 146 Å². The molecule has 0 bridgehead atoms. The van der Waals surface area contributed by atoms with Crippen LogP contribution in [-0.2, 0) is 0 Å². The van der Waals surface area contributed by atoms with Crippen molar-refractivity contribution in [3.05, 3.63) is 182 Å². The molecule has 0 unspecified atom stereocenters. The predicted molar refractivity (Wildman–Crippen MR) is 236 cm³/mol. The maximum atomic E-state index is 5.48. The highest BCUT2D eigenvalue weighted by Gasteiger charge is 2.23. The van der Waals surface area contributed by atoms with Crippen molar-refractivity contribution in [3.8, 4) is 39.9 Å². The molecule has 0 aliphatic carbocycles. The van der Waals surface area contributed by atoms with Gasteiger partial charge in [0.15, 0.2) is 17.5 Å². The van der Waals surface area contributed by atoms with Crippen LogP contribution < -0.4 is 0 Å². The second-order valence-electron chi connectivity index (χ2n) is 14.3. The Morgan fingerprint density at radius 3 is 1.48 bits per heavy atom. The molecule has 9 aromatic carbocycles. The normalized spacial score (nSPS) is 11.9. The largest absolute Gasteiger partial charge is 0.308 e. The van der Waals surface area contributed by atoms with E-state index in [0.29, 0.717) is 17.5 Å². The van der Waals surface area contributed by atoms with Crippen molar-refractivity contribution in [2.45, 2.75) is 0 Å². The van der Waals surface area contributed by atoms with E-state index >= 15 is 0 Å². The first-order valence-electron chi connectivity index (χ1n) is 18.9. The van der Waals surface area contributed by atoms with E-state index in [4.69, 9.17) is 15.0 Å². The van der Waals surface area contributed by atoms with Crippen LogP contribution in [0.25, 0.3) is 114 Å². The highest BCUT2D eigenvalue weighted by atomic mass is 32.1. The minimum absolute atomic E-state index is 0.626. The molecule has 56 heavy (non-hydrogen) atoms. The summed E-state index contributed by atoms with van der Waals surface area (Å²) in [5.41, 5.74) is 6.16. The Morgan fingerprint density at radius 2 is 0.821 bits per heavy atom. The summed E-state index contributed by atoms with van der Waals surface area (Å²) in [4.78, 5) is 16.1. The number of hydrogen-bond donors (Lipinski definition) is 0. The molecule has 3 aromatic heterocycles. The van der Waals surface area contributed by atoms with Gasteiger partial charge in [0.1, 0.15) is 0 Å². The van der Waals surface area contributed by atoms with Crippen LogP contribution in [0.15, 0.2) is 182 Å². The van der Waals surface area contributed by atoms with Crippen LogP contribution in [0.2, 0.25) is 0 Å². The molecule has 3 heterocycles. The minimum atomic E-state index is 0.626. The van der Waals surface area contributed by atoms with Crippen molar-refractivity contribution < 1.29 is 0 Å². The van der Waals surface area contributed by atoms with Crippen molar-refractivity contribution in [3.63, 3.8) is 0 Å². The number of fused-ring (bicyclic) bond motifs is 12. The van der Waals surface area contributed by atoms with Gasteiger partial charge >= 0.3 is 0 Å². The molecule has 0 N–H and O–H groups in total. The number of nitrogens with zero attached hydrogens (tertiary/aromatic N) is 4. The van der Waals surface area contributed by atoms with E-state index in [9.17, 15) is 0 Å². The number of para-hydroxylation sites is 2. The fourth-order valence-electron chi connectivity index (χ4n) is 8.78. The molecule has 260 valence electrons. The summed E-state index contributed by atoms with van der Waals surface area (Å²) >= 11 is 1.80. The van der Waals surface area contributed by atoms with Crippen molar-refractivity contribution in [1.29, 1.82) is 0 Å². The molecule has 0 fully saturated rings. The van der Waals surface area contributed by atoms with E-state index in [1.54, 1.807) is 11.3 Å². The standard InChI is InChI=1S/C51H30N4S/c1-2-15-31(16-3-1)49-52-50(39-24-14-28-47-48(39)38-23-10-13-27-46(38)56-47)54-51(53-49)42-29-40-34-19-6-4-17-32(34)33-18-5-7-20-35(33)41(40)30-45(42)55-43-25-11-8-21-36(43)37-22-9-12-26-44(37)55/h1-30H. The third kappa shape index (κ3) is 4.62. The highest BCUT2D eigenvalue weighted by Crippen LogP contribution is 2.44. The number of hydrogen-bond acceptors (Lipinski definition) is 4. The molecule has 0 saturated carbocycles. The van der Waals surface area contributed by atoms with Crippen LogP contribution in [0, 0.1) is 0 Å². The third-order valence-corrected chi connectivity index (χ3v) is 12.4. The Kier molecular flexibility index (Phi) is 6.76. The molecule has 5 heteroatoms. The topological polar surface area (TPSA) is 43.6 Å². The maximum absolute atomic E-state index is 5.48. The van der Waals surface area contributed by atoms with Crippen molar-refractivity contribution >= 4 is 85.6 Å². The molecule has 0 radical (unpaired) electrons. The Labute approximate surface area is 325 Å². The fourth-order valence-corrected chi connectivity index (χ4v) is 9.91. The first kappa shape index (κ1) is 31.2. The fraction of sp³-hybridized carbons (Fsp3) is 0. The van der Waals surface area contributed by atoms with Crippen LogP contribution in [-0.4, -0.2) is 19.5 Å². The van der Waals surface area contributed by atoms with E-state index in [-0.39, 0.29) is 0 Å². The lowest BCUT2D eigenvalue weighted by Crippen LogP contribution is -2.04. The monoisotopic (exact) mass is 730 g/mol. The number of thiophene rings is 1. The van der Waals surface area contributed by atoms with Crippen LogP contribution in [0.4, 0.5) is 0 Å². The summed E-state index contributed by atoms with van der Waals surface area (Å²) in [7, 11) is 0. The van der Waals surface area contributed by atoms with Gasteiger partial charge in [-0.25, -0.2) is 15.0 Å². The molecule has 4 nitrogen and oxygen atoms in total. The van der Waals surface area contributed by atoms with E-state index in [0.717, 1.165) is 38.8 Å². The zero-order valence-electron chi connectivity index (χ0n) is 30.0. The Hall–Kier alpha value is -7.21. The van der Waals surface area contributed by atoms with Gasteiger partial charge in [0.2, 0.25) is 0 Å². The van der Waals surface area contributed by atoms with E-state index in [2.05, 4.69) is 168 Å². The third-order valence-electron chi connectivity index (χ3n) is 11.2. The molecule has 12 aromatic rings. The average molecular weight is 731 g/mol. The molecule has 0 saturated heterocycles. The summed E-state index contributed by atoms with van der Waals surface area (Å²) in [5, 5.41) is 12.0. The van der Waals surface area contributed by atoms with Crippen LogP contribution in [0.5, 0.6) is 0 Å². The first-order valence-corrected chi connectivity index (χ1v) is 19.7. The Bertz CT molecular complexity index is 3490. The number of aromatic nitrogens is 4. The zero-order chi connectivity index (χ0) is 36.7. The lowest BCUT2D eigenvalue weighted by molar-refractivity contribution is 1.07. The van der Waals surface area contributed by atoms with Gasteiger partial charge in [0.05, 0.1) is 16.7 Å². The predicted octanol–water partition coefficient (Wildman–Crippen LogP) is 13.8. The lowest BCUT2D eigenvalue weighted by Gasteiger charge is -2.18. The quantitative estimate of drug-likeness (QED) is 0.169. The molecule has 0 spiro atoms. The Morgan fingerprint density at radius 1 is 0.339 bits per heavy atom. The van der Waals surface area contributed by atoms with Gasteiger partial charge in [-0.3, -0.25) is 0 Å². The molecule has 0 amide bonds. The second kappa shape index (κ2) is 12.2. The molecular formula is C51H30N4S. The van der Waals surface area contributed by atoms with E-state index in [1.807, 2.05) is 18.2 Å². The Balaban J connectivity index is 1.25. The average Bonchev–Trinajstić information content (AvgIpc) is 3.82. The van der Waals surface area contributed by atoms with Gasteiger partial charge in [0, 0.05) is 47.6 Å². The van der Waals surface area contributed by atoms with Crippen molar-refractivity contribution in [2.24, 2.45) is 0 Å². The molecule has 12 rings (SSSR count). The minimum Gasteiger partial charge on any atom is -0.308 e. The van der Waals surface area contributed by atoms with Crippen LogP contribution in [0.1, 0.15) is 0 Å². The van der Waals surface area contributed by atoms with Crippen molar-refractivity contribution in [1.82, 2.24) is 19.5 Å². The second-order valence-corrected chi connectivity index (χ2v) is 15.4. The number of rotatable bonds is 4. The summed E-state index contributed by atoms with van der Waals surface area (Å²) in [6, 6.07) is 65.0. The highest BCUT2D eigenvalue weighted by molar-refractivity contribution is 7.25. The smallest absolute Gasteiger partial charge is 0.166 e. The molecule has 0 aliphatic heterocycles. The summed E-state index contributed by atoms with van der Waals surface area (Å²) in [6.07, 6.45) is 0. The van der Waals surface area contributed by atoms with Crippen molar-refractivity contribution in [2.75, 3.05) is 0 Å². The molecule has 0 aliphatic rings. The number of benzene rings is 9. The van der Waals surface area contributed by atoms with E-state index < -0.39 is 0 Å². The molecule has 0 atom stereocenters. The van der Waals surface area contributed by atoms with Gasteiger partial charge in [-0.15, -0.1) is 11.3 Å². The van der Waals surface area contributed by atoms with Gasteiger partial charge in [0.25, 0.3) is 0 Å². The maximum Gasteiger partial charge on any atom is 0.166 e. The zero-order valence-corrected chi connectivity index (χ0v) is 30.8. The summed E-state index contributed by atoms with van der Waals surface area (Å²) < 4.78 is 4.86. The lowest BCUT2D eigenvalue weighted by atomic mass is 9.92.